The standard InChI is InChI=1S/C18H29NO/c1-5-11-19-16(13-18(2,3)4)15-10-6-8-14-9-7-12-20-17(14)15/h6,8,10,16,19H,5,7,9,11-13H2,1-4H3. The van der Waals surface area contributed by atoms with E-state index >= 15 is 0 Å². The smallest absolute Gasteiger partial charge is 0.127 e. The lowest BCUT2D eigenvalue weighted by Gasteiger charge is -2.30. The van der Waals surface area contributed by atoms with Crippen LogP contribution >= 0.6 is 0 Å². The molecule has 2 heteroatoms. The lowest BCUT2D eigenvalue weighted by atomic mass is 9.84. The van der Waals surface area contributed by atoms with E-state index in [4.69, 9.17) is 4.74 Å². The lowest BCUT2D eigenvalue weighted by Crippen LogP contribution is -2.27. The summed E-state index contributed by atoms with van der Waals surface area (Å²) in [5.74, 6) is 1.15. The van der Waals surface area contributed by atoms with Gasteiger partial charge in [0.2, 0.25) is 0 Å². The summed E-state index contributed by atoms with van der Waals surface area (Å²) in [5.41, 5.74) is 3.04. The fourth-order valence-electron chi connectivity index (χ4n) is 2.91. The molecule has 0 bridgehead atoms. The number of para-hydroxylation sites is 1. The van der Waals surface area contributed by atoms with Gasteiger partial charge in [-0.1, -0.05) is 45.9 Å². The molecular formula is C18H29NO. The van der Waals surface area contributed by atoms with Gasteiger partial charge in [-0.25, -0.2) is 0 Å². The molecular weight excluding hydrogens is 246 g/mol. The van der Waals surface area contributed by atoms with E-state index in [1.54, 1.807) is 0 Å². The third-order valence-corrected chi connectivity index (χ3v) is 3.80. The molecule has 1 atom stereocenters. The topological polar surface area (TPSA) is 21.3 Å². The van der Waals surface area contributed by atoms with Crippen LogP contribution in [0.15, 0.2) is 18.2 Å². The van der Waals surface area contributed by atoms with Crippen LogP contribution in [0.25, 0.3) is 0 Å². The molecule has 1 aromatic carbocycles. The molecule has 0 spiro atoms. The summed E-state index contributed by atoms with van der Waals surface area (Å²) >= 11 is 0. The SMILES string of the molecule is CCCNC(CC(C)(C)C)c1cccc2c1OCCC2. The van der Waals surface area contributed by atoms with Crippen LogP contribution in [0.4, 0.5) is 0 Å². The molecule has 0 aliphatic carbocycles. The van der Waals surface area contributed by atoms with Gasteiger partial charge in [-0.05, 0) is 43.2 Å². The number of hydrogen-bond donors (Lipinski definition) is 1. The predicted octanol–water partition coefficient (Wildman–Crippen LogP) is 4.49. The Morgan fingerprint density at radius 2 is 2.10 bits per heavy atom. The number of aryl methyl sites for hydroxylation is 1. The molecule has 2 nitrogen and oxygen atoms in total. The van der Waals surface area contributed by atoms with Gasteiger partial charge in [-0.15, -0.1) is 0 Å². The van der Waals surface area contributed by atoms with Crippen molar-refractivity contribution >= 4 is 0 Å². The Kier molecular flexibility index (Phi) is 5.09. The first-order chi connectivity index (χ1) is 9.51. The van der Waals surface area contributed by atoms with Crippen LogP contribution in [0.3, 0.4) is 0 Å². The highest BCUT2D eigenvalue weighted by molar-refractivity contribution is 5.44. The van der Waals surface area contributed by atoms with Gasteiger partial charge in [0.1, 0.15) is 5.75 Å². The van der Waals surface area contributed by atoms with Crippen molar-refractivity contribution in [3.63, 3.8) is 0 Å². The van der Waals surface area contributed by atoms with E-state index in [1.165, 1.54) is 11.1 Å². The van der Waals surface area contributed by atoms with Crippen LogP contribution in [-0.4, -0.2) is 13.2 Å². The Bertz CT molecular complexity index is 434. The van der Waals surface area contributed by atoms with E-state index in [0.29, 0.717) is 11.5 Å². The Morgan fingerprint density at radius 3 is 2.80 bits per heavy atom. The van der Waals surface area contributed by atoms with Gasteiger partial charge in [-0.2, -0.15) is 0 Å². The molecule has 1 heterocycles. The molecule has 1 N–H and O–H groups in total. The van der Waals surface area contributed by atoms with Crippen molar-refractivity contribution < 1.29 is 4.74 Å². The van der Waals surface area contributed by atoms with Gasteiger partial charge >= 0.3 is 0 Å². The number of fused-ring (bicyclic) bond motifs is 1. The number of nitrogens with one attached hydrogen (secondary N) is 1. The highest BCUT2D eigenvalue weighted by atomic mass is 16.5. The van der Waals surface area contributed by atoms with Crippen molar-refractivity contribution in [3.8, 4) is 5.75 Å². The lowest BCUT2D eigenvalue weighted by molar-refractivity contribution is 0.269. The Hall–Kier alpha value is -1.02. The summed E-state index contributed by atoms with van der Waals surface area (Å²) in [6.07, 6.45) is 4.59. The average Bonchev–Trinajstić information content (AvgIpc) is 2.41. The van der Waals surface area contributed by atoms with Crippen LogP contribution in [-0.2, 0) is 6.42 Å². The van der Waals surface area contributed by atoms with Gasteiger partial charge in [-0.3, -0.25) is 0 Å². The van der Waals surface area contributed by atoms with Crippen LogP contribution in [0.5, 0.6) is 5.75 Å². The predicted molar refractivity (Wildman–Crippen MR) is 85.4 cm³/mol. The normalized spacial score (nSPS) is 16.4. The molecule has 0 aromatic heterocycles. The molecule has 112 valence electrons. The second-order valence-corrected chi connectivity index (χ2v) is 7.06. The maximum Gasteiger partial charge on any atom is 0.127 e. The molecule has 0 saturated carbocycles. The zero-order valence-corrected chi connectivity index (χ0v) is 13.5. The molecule has 20 heavy (non-hydrogen) atoms. The highest BCUT2D eigenvalue weighted by Gasteiger charge is 2.24. The van der Waals surface area contributed by atoms with Gasteiger partial charge in [0.15, 0.2) is 0 Å². The van der Waals surface area contributed by atoms with E-state index in [0.717, 1.165) is 44.6 Å². The minimum absolute atomic E-state index is 0.308. The average molecular weight is 275 g/mol. The second kappa shape index (κ2) is 6.62. The third-order valence-electron chi connectivity index (χ3n) is 3.80. The molecule has 1 aromatic rings. The van der Waals surface area contributed by atoms with E-state index in [9.17, 15) is 0 Å². The quantitative estimate of drug-likeness (QED) is 0.855. The molecule has 1 aliphatic rings. The highest BCUT2D eigenvalue weighted by Crippen LogP contribution is 2.37. The van der Waals surface area contributed by atoms with Crippen molar-refractivity contribution in [2.45, 2.75) is 59.4 Å². The fraction of sp³-hybridized carbons (Fsp3) is 0.667. The van der Waals surface area contributed by atoms with Crippen molar-refractivity contribution in [3.05, 3.63) is 29.3 Å². The Balaban J connectivity index is 2.27. The molecule has 0 saturated heterocycles. The first-order valence-electron chi connectivity index (χ1n) is 7.99. The molecule has 2 rings (SSSR count). The van der Waals surface area contributed by atoms with Gasteiger partial charge in [0.25, 0.3) is 0 Å². The zero-order valence-electron chi connectivity index (χ0n) is 13.5. The molecule has 0 radical (unpaired) electrons. The minimum atomic E-state index is 0.308. The Morgan fingerprint density at radius 1 is 1.30 bits per heavy atom. The summed E-state index contributed by atoms with van der Waals surface area (Å²) in [6.45, 7) is 11.1. The van der Waals surface area contributed by atoms with Crippen LogP contribution in [0.2, 0.25) is 0 Å². The molecule has 0 amide bonds. The minimum Gasteiger partial charge on any atom is -0.493 e. The zero-order chi connectivity index (χ0) is 14.6. The largest absolute Gasteiger partial charge is 0.493 e. The number of rotatable bonds is 5. The first-order valence-corrected chi connectivity index (χ1v) is 7.99. The summed E-state index contributed by atoms with van der Waals surface area (Å²) in [6, 6.07) is 7.03. The van der Waals surface area contributed by atoms with Gasteiger partial charge in [0, 0.05) is 11.6 Å². The van der Waals surface area contributed by atoms with Crippen LogP contribution < -0.4 is 10.1 Å². The second-order valence-electron chi connectivity index (χ2n) is 7.06. The van der Waals surface area contributed by atoms with Crippen molar-refractivity contribution in [1.29, 1.82) is 0 Å². The van der Waals surface area contributed by atoms with E-state index in [1.807, 2.05) is 0 Å². The van der Waals surface area contributed by atoms with E-state index in [-0.39, 0.29) is 0 Å². The molecule has 1 unspecified atom stereocenters. The van der Waals surface area contributed by atoms with Crippen LogP contribution in [0.1, 0.15) is 64.1 Å². The Labute approximate surface area is 123 Å². The first kappa shape index (κ1) is 15.4. The number of ether oxygens (including phenoxy) is 1. The number of benzene rings is 1. The molecule has 0 fully saturated rings. The maximum atomic E-state index is 5.99. The summed E-state index contributed by atoms with van der Waals surface area (Å²) in [7, 11) is 0. The van der Waals surface area contributed by atoms with E-state index < -0.39 is 0 Å². The molecule has 1 aliphatic heterocycles. The van der Waals surface area contributed by atoms with Crippen molar-refractivity contribution in [2.24, 2.45) is 5.41 Å². The summed E-state index contributed by atoms with van der Waals surface area (Å²) in [4.78, 5) is 0. The van der Waals surface area contributed by atoms with E-state index in [2.05, 4.69) is 51.2 Å². The maximum absolute atomic E-state index is 5.99. The summed E-state index contributed by atoms with van der Waals surface area (Å²) in [5, 5.41) is 3.71. The van der Waals surface area contributed by atoms with Crippen molar-refractivity contribution in [1.82, 2.24) is 5.32 Å². The van der Waals surface area contributed by atoms with Gasteiger partial charge < -0.3 is 10.1 Å². The van der Waals surface area contributed by atoms with Crippen LogP contribution in [0, 0.1) is 5.41 Å². The number of hydrogen-bond acceptors (Lipinski definition) is 2. The summed E-state index contributed by atoms with van der Waals surface area (Å²) < 4.78 is 5.99. The fourth-order valence-corrected chi connectivity index (χ4v) is 2.91. The third kappa shape index (κ3) is 3.99. The van der Waals surface area contributed by atoms with Gasteiger partial charge in [0.05, 0.1) is 6.61 Å². The monoisotopic (exact) mass is 275 g/mol. The van der Waals surface area contributed by atoms with Crippen molar-refractivity contribution in [2.75, 3.05) is 13.2 Å².